The van der Waals surface area contributed by atoms with Crippen molar-refractivity contribution in [3.8, 4) is 16.9 Å². The Hall–Kier alpha value is -2.92. The number of rotatable bonds is 5. The number of thiophene rings is 1. The molecule has 5 heteroatoms. The molecule has 0 bridgehead atoms. The fourth-order valence-electron chi connectivity index (χ4n) is 3.33. The van der Waals surface area contributed by atoms with Crippen molar-refractivity contribution in [3.05, 3.63) is 82.8 Å². The lowest BCUT2D eigenvalue weighted by atomic mass is 9.89. The van der Waals surface area contributed by atoms with Crippen LogP contribution in [0.5, 0.6) is 5.75 Å². The maximum absolute atomic E-state index is 14.3. The molecule has 2 heterocycles. The summed E-state index contributed by atoms with van der Waals surface area (Å²) in [6.45, 7) is 4.09. The van der Waals surface area contributed by atoms with Crippen molar-refractivity contribution < 1.29 is 13.9 Å². The molecule has 0 saturated carbocycles. The van der Waals surface area contributed by atoms with Crippen LogP contribution in [0.3, 0.4) is 0 Å². The lowest BCUT2D eigenvalue weighted by molar-refractivity contribution is -0.116. The van der Waals surface area contributed by atoms with Crippen LogP contribution < -0.4 is 10.1 Å². The molecule has 1 aliphatic rings. The zero-order valence-electron chi connectivity index (χ0n) is 14.6. The highest BCUT2D eigenvalue weighted by Gasteiger charge is 2.30. The summed E-state index contributed by atoms with van der Waals surface area (Å²) in [6, 6.07) is 14.4. The summed E-state index contributed by atoms with van der Waals surface area (Å²) >= 11 is 1.55. The molecule has 1 aliphatic heterocycles. The molecule has 0 fully saturated rings. The van der Waals surface area contributed by atoms with Gasteiger partial charge in [-0.2, -0.15) is 0 Å². The number of nitrogens with one attached hydrogen (secondary N) is 1. The molecule has 0 spiro atoms. The Balaban J connectivity index is 1.71. The van der Waals surface area contributed by atoms with E-state index in [1.54, 1.807) is 35.6 Å². The van der Waals surface area contributed by atoms with Gasteiger partial charge in [-0.15, -0.1) is 11.3 Å². The molecule has 2 aromatic carbocycles. The third-order valence-corrected chi connectivity index (χ3v) is 5.70. The van der Waals surface area contributed by atoms with Gasteiger partial charge in [-0.1, -0.05) is 43.0 Å². The second-order valence-corrected chi connectivity index (χ2v) is 7.25. The first-order valence-corrected chi connectivity index (χ1v) is 9.55. The van der Waals surface area contributed by atoms with Crippen LogP contribution in [0.2, 0.25) is 0 Å². The molecule has 1 atom stereocenters. The maximum atomic E-state index is 14.3. The van der Waals surface area contributed by atoms with Crippen molar-refractivity contribution in [1.29, 1.82) is 0 Å². The summed E-state index contributed by atoms with van der Waals surface area (Å²) in [6.07, 6.45) is 2.07. The molecule has 4 rings (SSSR count). The first kappa shape index (κ1) is 17.5. The van der Waals surface area contributed by atoms with E-state index < -0.39 is 0 Å². The number of carbonyl (C=O) groups excluding carboxylic acids is 1. The lowest BCUT2D eigenvalue weighted by Crippen LogP contribution is -2.22. The number of ether oxygens (including phenoxy) is 1. The van der Waals surface area contributed by atoms with Crippen LogP contribution in [-0.2, 0) is 4.79 Å². The summed E-state index contributed by atoms with van der Waals surface area (Å²) in [7, 11) is 0. The minimum absolute atomic E-state index is 0.0484. The van der Waals surface area contributed by atoms with Gasteiger partial charge in [0.15, 0.2) is 0 Å². The lowest BCUT2D eigenvalue weighted by Gasteiger charge is -2.24. The highest BCUT2D eigenvalue weighted by molar-refractivity contribution is 7.11. The Kier molecular flexibility index (Phi) is 4.77. The molecular weight excluding hydrogens is 361 g/mol. The topological polar surface area (TPSA) is 38.3 Å². The van der Waals surface area contributed by atoms with Crippen LogP contribution >= 0.6 is 11.3 Å². The molecular formula is C22H18FNO2S. The predicted molar refractivity (Wildman–Crippen MR) is 107 cm³/mol. The molecule has 3 aromatic rings. The number of halogens is 1. The smallest absolute Gasteiger partial charge is 0.225 e. The van der Waals surface area contributed by atoms with E-state index in [4.69, 9.17) is 4.74 Å². The largest absolute Gasteiger partial charge is 0.490 e. The predicted octanol–water partition coefficient (Wildman–Crippen LogP) is 5.59. The Bertz CT molecular complexity index is 994. The second-order valence-electron chi connectivity index (χ2n) is 6.34. The number of anilines is 1. The Morgan fingerprint density at radius 1 is 1.19 bits per heavy atom. The fourth-order valence-corrected chi connectivity index (χ4v) is 4.48. The number of hydrogen-bond acceptors (Lipinski definition) is 3. The molecule has 136 valence electrons. The molecule has 1 amide bonds. The van der Waals surface area contributed by atoms with Crippen molar-refractivity contribution in [2.75, 3.05) is 11.9 Å². The van der Waals surface area contributed by atoms with E-state index in [1.807, 2.05) is 29.6 Å². The molecule has 0 radical (unpaired) electrons. The number of hydrogen-bond donors (Lipinski definition) is 1. The van der Waals surface area contributed by atoms with Gasteiger partial charge in [0.2, 0.25) is 5.91 Å². The van der Waals surface area contributed by atoms with E-state index in [9.17, 15) is 9.18 Å². The van der Waals surface area contributed by atoms with Gasteiger partial charge in [0, 0.05) is 33.7 Å². The average molecular weight is 379 g/mol. The Morgan fingerprint density at radius 2 is 1.96 bits per heavy atom. The normalized spacial score (nSPS) is 15.7. The first-order chi connectivity index (χ1) is 13.2. The van der Waals surface area contributed by atoms with Gasteiger partial charge in [0.1, 0.15) is 18.2 Å². The standard InChI is InChI=1S/C22H18FNO2S/c1-2-11-26-15-9-7-14(8-10-15)17-12-20(25)24-21-18(13-27-22(17)21)16-5-3-4-6-19(16)23/h2-10,13,17H,1,11-12H2,(H,24,25)/t17-/m0/s1. The second kappa shape index (κ2) is 7.37. The van der Waals surface area contributed by atoms with Crippen LogP contribution in [0.1, 0.15) is 22.8 Å². The van der Waals surface area contributed by atoms with Gasteiger partial charge in [-0.25, -0.2) is 4.39 Å². The van der Waals surface area contributed by atoms with Crippen LogP contribution in [0, 0.1) is 5.82 Å². The third kappa shape index (κ3) is 3.38. The van der Waals surface area contributed by atoms with Crippen LogP contribution in [0.15, 0.2) is 66.6 Å². The number of benzene rings is 2. The first-order valence-electron chi connectivity index (χ1n) is 8.67. The van der Waals surface area contributed by atoms with Gasteiger partial charge in [-0.05, 0) is 23.8 Å². The third-order valence-electron chi connectivity index (χ3n) is 4.60. The summed E-state index contributed by atoms with van der Waals surface area (Å²) in [5.41, 5.74) is 3.00. The average Bonchev–Trinajstić information content (AvgIpc) is 3.10. The monoisotopic (exact) mass is 379 g/mol. The Morgan fingerprint density at radius 3 is 2.70 bits per heavy atom. The highest BCUT2D eigenvalue weighted by Crippen LogP contribution is 2.47. The van der Waals surface area contributed by atoms with Crippen LogP contribution in [-0.4, -0.2) is 12.5 Å². The van der Waals surface area contributed by atoms with Gasteiger partial charge in [0.25, 0.3) is 0 Å². The number of carbonyl (C=O) groups is 1. The van der Waals surface area contributed by atoms with E-state index in [0.717, 1.165) is 27.4 Å². The fraction of sp³-hybridized carbons (Fsp3) is 0.136. The summed E-state index contributed by atoms with van der Waals surface area (Å²) in [5.74, 6) is 0.360. The van der Waals surface area contributed by atoms with Crippen LogP contribution in [0.4, 0.5) is 10.1 Å². The molecule has 3 nitrogen and oxygen atoms in total. The van der Waals surface area contributed by atoms with Crippen molar-refractivity contribution in [1.82, 2.24) is 0 Å². The maximum Gasteiger partial charge on any atom is 0.225 e. The van der Waals surface area contributed by atoms with Crippen molar-refractivity contribution in [2.24, 2.45) is 0 Å². The molecule has 1 aromatic heterocycles. The summed E-state index contributed by atoms with van der Waals surface area (Å²) < 4.78 is 19.8. The highest BCUT2D eigenvalue weighted by atomic mass is 32.1. The SMILES string of the molecule is C=CCOc1ccc([C@@H]2CC(=O)Nc3c(-c4ccccc4F)csc32)cc1. The number of fused-ring (bicyclic) bond motifs is 1. The van der Waals surface area contributed by atoms with E-state index in [2.05, 4.69) is 11.9 Å². The van der Waals surface area contributed by atoms with Crippen molar-refractivity contribution >= 4 is 22.9 Å². The summed E-state index contributed by atoms with van der Waals surface area (Å²) in [4.78, 5) is 13.4. The zero-order chi connectivity index (χ0) is 18.8. The molecule has 0 aliphatic carbocycles. The summed E-state index contributed by atoms with van der Waals surface area (Å²) in [5, 5.41) is 4.86. The molecule has 27 heavy (non-hydrogen) atoms. The van der Waals surface area contributed by atoms with Crippen LogP contribution in [0.25, 0.3) is 11.1 Å². The minimum atomic E-state index is -0.293. The number of amides is 1. The quantitative estimate of drug-likeness (QED) is 0.587. The van der Waals surface area contributed by atoms with Gasteiger partial charge < -0.3 is 10.1 Å². The molecule has 0 saturated heterocycles. The van der Waals surface area contributed by atoms with Gasteiger partial charge >= 0.3 is 0 Å². The van der Waals surface area contributed by atoms with E-state index in [0.29, 0.717) is 18.6 Å². The van der Waals surface area contributed by atoms with Gasteiger partial charge in [-0.3, -0.25) is 4.79 Å². The van der Waals surface area contributed by atoms with E-state index in [-0.39, 0.29) is 17.6 Å². The minimum Gasteiger partial charge on any atom is -0.490 e. The van der Waals surface area contributed by atoms with Crippen molar-refractivity contribution in [2.45, 2.75) is 12.3 Å². The zero-order valence-corrected chi connectivity index (χ0v) is 15.4. The van der Waals surface area contributed by atoms with E-state index >= 15 is 0 Å². The van der Waals surface area contributed by atoms with E-state index in [1.165, 1.54) is 6.07 Å². The molecule has 1 N–H and O–H groups in total. The molecule has 0 unspecified atom stereocenters. The Labute approximate surface area is 161 Å². The van der Waals surface area contributed by atoms with Crippen molar-refractivity contribution in [3.63, 3.8) is 0 Å². The van der Waals surface area contributed by atoms with Gasteiger partial charge in [0.05, 0.1) is 5.69 Å².